The number of hydrogen-bond donors (Lipinski definition) is 1. The van der Waals surface area contributed by atoms with E-state index in [1.165, 1.54) is 11.8 Å². The van der Waals surface area contributed by atoms with Crippen LogP contribution in [0.3, 0.4) is 0 Å². The average Bonchev–Trinajstić information content (AvgIpc) is 2.76. The van der Waals surface area contributed by atoms with Gasteiger partial charge in [-0.3, -0.25) is 9.59 Å². The van der Waals surface area contributed by atoms with Crippen molar-refractivity contribution < 1.29 is 9.59 Å². The standard InChI is InChI=1S/C24H30Cl2N2O2S/c1-4-17(3)27-24(30)22(5-2)28(14-19-20(25)12-9-13-21(19)26)23(29)16-31-15-18-10-7-6-8-11-18/h6-13,17,22H,4-5,14-16H2,1-3H3,(H,27,30)/t17-,22-/m1/s1. The molecule has 0 saturated carbocycles. The fourth-order valence-corrected chi connectivity index (χ4v) is 4.52. The summed E-state index contributed by atoms with van der Waals surface area (Å²) in [7, 11) is 0. The smallest absolute Gasteiger partial charge is 0.243 e. The van der Waals surface area contributed by atoms with Gasteiger partial charge in [-0.15, -0.1) is 11.8 Å². The number of thioether (sulfide) groups is 1. The molecule has 1 N–H and O–H groups in total. The minimum Gasteiger partial charge on any atom is -0.352 e. The van der Waals surface area contributed by atoms with Crippen LogP contribution >= 0.6 is 35.0 Å². The minimum atomic E-state index is -0.592. The third kappa shape index (κ3) is 7.74. The van der Waals surface area contributed by atoms with Crippen molar-refractivity contribution in [1.29, 1.82) is 0 Å². The normalized spacial score (nSPS) is 12.8. The molecule has 2 aromatic carbocycles. The molecule has 0 aromatic heterocycles. The number of carbonyl (C=O) groups excluding carboxylic acids is 2. The number of nitrogens with one attached hydrogen (secondary N) is 1. The molecule has 7 heteroatoms. The first-order chi connectivity index (χ1) is 14.9. The summed E-state index contributed by atoms with van der Waals surface area (Å²) in [6.45, 7) is 6.07. The first kappa shape index (κ1) is 25.6. The van der Waals surface area contributed by atoms with Crippen LogP contribution in [0.2, 0.25) is 10.0 Å². The minimum absolute atomic E-state index is 0.0369. The summed E-state index contributed by atoms with van der Waals surface area (Å²) in [5.41, 5.74) is 1.81. The second kappa shape index (κ2) is 13.0. The monoisotopic (exact) mass is 480 g/mol. The number of nitrogens with zero attached hydrogens (tertiary/aromatic N) is 1. The van der Waals surface area contributed by atoms with Gasteiger partial charge in [0.2, 0.25) is 11.8 Å². The van der Waals surface area contributed by atoms with Crippen molar-refractivity contribution in [3.05, 3.63) is 69.7 Å². The molecule has 2 rings (SSSR count). The molecular weight excluding hydrogens is 451 g/mol. The number of rotatable bonds is 11. The van der Waals surface area contributed by atoms with E-state index in [0.717, 1.165) is 17.7 Å². The molecule has 0 heterocycles. The maximum Gasteiger partial charge on any atom is 0.243 e. The van der Waals surface area contributed by atoms with Crippen LogP contribution < -0.4 is 5.32 Å². The highest BCUT2D eigenvalue weighted by atomic mass is 35.5. The summed E-state index contributed by atoms with van der Waals surface area (Å²) >= 11 is 14.3. The van der Waals surface area contributed by atoms with Crippen molar-refractivity contribution in [2.24, 2.45) is 0 Å². The molecule has 31 heavy (non-hydrogen) atoms. The van der Waals surface area contributed by atoms with Crippen LogP contribution in [-0.4, -0.2) is 34.6 Å². The third-order valence-corrected chi connectivity index (χ3v) is 6.81. The Bertz CT molecular complexity index is 844. The molecule has 0 aliphatic carbocycles. The quantitative estimate of drug-likeness (QED) is 0.432. The average molecular weight is 481 g/mol. The fourth-order valence-electron chi connectivity index (χ4n) is 3.13. The van der Waals surface area contributed by atoms with Gasteiger partial charge in [0.25, 0.3) is 0 Å². The number of hydrogen-bond acceptors (Lipinski definition) is 3. The zero-order chi connectivity index (χ0) is 22.8. The molecule has 4 nitrogen and oxygen atoms in total. The van der Waals surface area contributed by atoms with Crippen molar-refractivity contribution in [2.45, 2.75) is 58.0 Å². The van der Waals surface area contributed by atoms with E-state index in [0.29, 0.717) is 22.0 Å². The Balaban J connectivity index is 2.20. The number of carbonyl (C=O) groups is 2. The summed E-state index contributed by atoms with van der Waals surface area (Å²) in [5.74, 6) is 0.734. The van der Waals surface area contributed by atoms with Gasteiger partial charge in [-0.25, -0.2) is 0 Å². The topological polar surface area (TPSA) is 49.4 Å². The Hall–Kier alpha value is -1.69. The molecule has 0 bridgehead atoms. The lowest BCUT2D eigenvalue weighted by Crippen LogP contribution is -2.51. The van der Waals surface area contributed by atoms with E-state index < -0.39 is 6.04 Å². The number of benzene rings is 2. The van der Waals surface area contributed by atoms with E-state index in [-0.39, 0.29) is 30.2 Å². The highest BCUT2D eigenvalue weighted by molar-refractivity contribution is 7.99. The SMILES string of the molecule is CC[C@@H](C)NC(=O)[C@@H](CC)N(Cc1c(Cl)cccc1Cl)C(=O)CSCc1ccccc1. The maximum absolute atomic E-state index is 13.3. The lowest BCUT2D eigenvalue weighted by molar-refractivity contribution is -0.139. The van der Waals surface area contributed by atoms with Gasteiger partial charge in [0.15, 0.2) is 0 Å². The largest absolute Gasteiger partial charge is 0.352 e. The van der Waals surface area contributed by atoms with Crippen molar-refractivity contribution in [1.82, 2.24) is 10.2 Å². The summed E-state index contributed by atoms with van der Waals surface area (Å²) in [5, 5.41) is 3.98. The van der Waals surface area contributed by atoms with Gasteiger partial charge in [-0.2, -0.15) is 0 Å². The van der Waals surface area contributed by atoms with E-state index in [1.807, 2.05) is 51.1 Å². The van der Waals surface area contributed by atoms with Crippen LogP contribution in [0.15, 0.2) is 48.5 Å². The van der Waals surface area contributed by atoms with E-state index in [2.05, 4.69) is 5.32 Å². The predicted octanol–water partition coefficient (Wildman–Crippen LogP) is 5.95. The van der Waals surface area contributed by atoms with E-state index in [1.54, 1.807) is 23.1 Å². The van der Waals surface area contributed by atoms with Gasteiger partial charge >= 0.3 is 0 Å². The molecule has 0 saturated heterocycles. The Kier molecular flexibility index (Phi) is 10.7. The summed E-state index contributed by atoms with van der Waals surface area (Å²) in [4.78, 5) is 27.8. The summed E-state index contributed by atoms with van der Waals surface area (Å²) in [6.07, 6.45) is 1.32. The molecule has 0 unspecified atom stereocenters. The Morgan fingerprint density at radius 3 is 2.23 bits per heavy atom. The summed E-state index contributed by atoms with van der Waals surface area (Å²) in [6, 6.07) is 14.7. The highest BCUT2D eigenvalue weighted by Gasteiger charge is 2.30. The molecule has 0 radical (unpaired) electrons. The Labute approximate surface area is 199 Å². The first-order valence-corrected chi connectivity index (χ1v) is 12.4. The van der Waals surface area contributed by atoms with Crippen LogP contribution in [0.25, 0.3) is 0 Å². The predicted molar refractivity (Wildman–Crippen MR) is 132 cm³/mol. The Morgan fingerprint density at radius 2 is 1.65 bits per heavy atom. The molecule has 0 aliphatic rings. The first-order valence-electron chi connectivity index (χ1n) is 10.5. The van der Waals surface area contributed by atoms with Gasteiger partial charge in [0, 0.05) is 33.9 Å². The molecular formula is C24H30Cl2N2O2S. The van der Waals surface area contributed by atoms with Crippen LogP contribution in [0.1, 0.15) is 44.7 Å². The van der Waals surface area contributed by atoms with Gasteiger partial charge in [-0.1, -0.05) is 73.4 Å². The van der Waals surface area contributed by atoms with Crippen molar-refractivity contribution in [3.8, 4) is 0 Å². The maximum atomic E-state index is 13.3. The third-order valence-electron chi connectivity index (χ3n) is 5.11. The van der Waals surface area contributed by atoms with Gasteiger partial charge < -0.3 is 10.2 Å². The number of amides is 2. The van der Waals surface area contributed by atoms with Crippen molar-refractivity contribution in [3.63, 3.8) is 0 Å². The van der Waals surface area contributed by atoms with Crippen LogP contribution in [0.4, 0.5) is 0 Å². The molecule has 2 atom stereocenters. The molecule has 0 fully saturated rings. The Morgan fingerprint density at radius 1 is 1.00 bits per heavy atom. The van der Waals surface area contributed by atoms with Crippen LogP contribution in [0, 0.1) is 0 Å². The van der Waals surface area contributed by atoms with Gasteiger partial charge in [-0.05, 0) is 37.5 Å². The zero-order valence-corrected chi connectivity index (χ0v) is 20.6. The van der Waals surface area contributed by atoms with Gasteiger partial charge in [0.1, 0.15) is 6.04 Å². The van der Waals surface area contributed by atoms with Crippen molar-refractivity contribution in [2.75, 3.05) is 5.75 Å². The van der Waals surface area contributed by atoms with Crippen LogP contribution in [0.5, 0.6) is 0 Å². The molecule has 2 aromatic rings. The molecule has 0 aliphatic heterocycles. The second-order valence-electron chi connectivity index (χ2n) is 7.44. The zero-order valence-electron chi connectivity index (χ0n) is 18.2. The second-order valence-corrected chi connectivity index (χ2v) is 9.24. The number of halogens is 2. The lowest BCUT2D eigenvalue weighted by atomic mass is 10.1. The van der Waals surface area contributed by atoms with E-state index in [9.17, 15) is 9.59 Å². The molecule has 0 spiro atoms. The molecule has 2 amide bonds. The molecule has 168 valence electrons. The van der Waals surface area contributed by atoms with E-state index in [4.69, 9.17) is 23.2 Å². The van der Waals surface area contributed by atoms with Crippen molar-refractivity contribution >= 4 is 46.8 Å². The van der Waals surface area contributed by atoms with E-state index >= 15 is 0 Å². The fraction of sp³-hybridized carbons (Fsp3) is 0.417. The summed E-state index contributed by atoms with van der Waals surface area (Å²) < 4.78 is 0. The highest BCUT2D eigenvalue weighted by Crippen LogP contribution is 2.27. The van der Waals surface area contributed by atoms with Gasteiger partial charge in [0.05, 0.1) is 5.75 Å². The van der Waals surface area contributed by atoms with Crippen LogP contribution in [-0.2, 0) is 21.9 Å². The lowest BCUT2D eigenvalue weighted by Gasteiger charge is -2.32.